The van der Waals surface area contributed by atoms with Gasteiger partial charge in [-0.15, -0.1) is 5.10 Å². The molecule has 0 aliphatic rings. The molecule has 5 nitrogen and oxygen atoms in total. The molecule has 108 valence electrons. The Kier molecular flexibility index (Phi) is 6.29. The highest BCUT2D eigenvalue weighted by molar-refractivity contribution is 5.57. The van der Waals surface area contributed by atoms with Crippen LogP contribution in [0.25, 0.3) is 5.70 Å². The van der Waals surface area contributed by atoms with Crippen LogP contribution >= 0.6 is 0 Å². The molecule has 0 spiro atoms. The fourth-order valence-corrected chi connectivity index (χ4v) is 1.51. The maximum Gasteiger partial charge on any atom is 0.271 e. The van der Waals surface area contributed by atoms with Crippen LogP contribution in [0, 0.1) is 0 Å². The van der Waals surface area contributed by atoms with Gasteiger partial charge in [-0.2, -0.15) is 4.68 Å². The van der Waals surface area contributed by atoms with Crippen molar-refractivity contribution in [1.82, 2.24) is 9.78 Å². The summed E-state index contributed by atoms with van der Waals surface area (Å²) in [5.74, 6) is 0.654. The van der Waals surface area contributed by atoms with Gasteiger partial charge in [-0.3, -0.25) is 4.79 Å². The molecule has 0 saturated carbocycles. The fourth-order valence-electron chi connectivity index (χ4n) is 1.51. The van der Waals surface area contributed by atoms with E-state index in [2.05, 4.69) is 23.9 Å². The van der Waals surface area contributed by atoms with Gasteiger partial charge in [-0.25, -0.2) is 0 Å². The highest BCUT2D eigenvalue weighted by Gasteiger charge is 2.03. The quantitative estimate of drug-likeness (QED) is 0.591. The Morgan fingerprint density at radius 1 is 1.50 bits per heavy atom. The van der Waals surface area contributed by atoms with Gasteiger partial charge in [0.15, 0.2) is 0 Å². The van der Waals surface area contributed by atoms with E-state index in [1.54, 1.807) is 18.2 Å². The van der Waals surface area contributed by atoms with Gasteiger partial charge < -0.3 is 11.1 Å². The van der Waals surface area contributed by atoms with Crippen molar-refractivity contribution >= 4 is 11.5 Å². The third-order valence-corrected chi connectivity index (χ3v) is 2.59. The van der Waals surface area contributed by atoms with E-state index < -0.39 is 0 Å². The average molecular weight is 274 g/mol. The molecule has 0 saturated heterocycles. The van der Waals surface area contributed by atoms with Crippen LogP contribution in [0.5, 0.6) is 0 Å². The minimum absolute atomic E-state index is 0.228. The Balaban J connectivity index is 3.00. The van der Waals surface area contributed by atoms with E-state index in [0.29, 0.717) is 11.5 Å². The first-order chi connectivity index (χ1) is 9.58. The van der Waals surface area contributed by atoms with Gasteiger partial charge in [0.1, 0.15) is 5.82 Å². The first-order valence-electron chi connectivity index (χ1n) is 6.68. The maximum absolute atomic E-state index is 11.9. The van der Waals surface area contributed by atoms with Crippen LogP contribution in [0.3, 0.4) is 0 Å². The number of hydrogen-bond acceptors (Lipinski definition) is 4. The summed E-state index contributed by atoms with van der Waals surface area (Å²) in [5, 5.41) is 7.43. The van der Waals surface area contributed by atoms with E-state index in [1.165, 1.54) is 16.9 Å². The van der Waals surface area contributed by atoms with E-state index in [4.69, 9.17) is 5.73 Å². The predicted octanol–water partition coefficient (Wildman–Crippen LogP) is 2.34. The second kappa shape index (κ2) is 7.99. The second-order valence-corrected chi connectivity index (χ2v) is 4.52. The molecule has 0 bridgehead atoms. The summed E-state index contributed by atoms with van der Waals surface area (Å²) in [6.07, 6.45) is 7.00. The van der Waals surface area contributed by atoms with Gasteiger partial charge >= 0.3 is 0 Å². The lowest BCUT2D eigenvalue weighted by Crippen LogP contribution is -2.22. The molecule has 1 aromatic rings. The highest BCUT2D eigenvalue weighted by Crippen LogP contribution is 2.06. The third-order valence-electron chi connectivity index (χ3n) is 2.59. The van der Waals surface area contributed by atoms with E-state index in [1.807, 2.05) is 6.92 Å². The summed E-state index contributed by atoms with van der Waals surface area (Å²) in [5.41, 5.74) is 6.72. The third kappa shape index (κ3) is 4.76. The van der Waals surface area contributed by atoms with Gasteiger partial charge in [0, 0.05) is 18.8 Å². The molecule has 0 aliphatic heterocycles. The Bertz CT molecular complexity index is 569. The predicted molar refractivity (Wildman–Crippen MR) is 84.3 cm³/mol. The van der Waals surface area contributed by atoms with Gasteiger partial charge in [0.2, 0.25) is 0 Å². The zero-order chi connectivity index (χ0) is 15.0. The van der Waals surface area contributed by atoms with E-state index >= 15 is 0 Å². The SMILES string of the molecule is C=C(C)/C=C\C(=C/N)n1nc(NCCCC)ccc1=O. The number of nitrogens with one attached hydrogen (secondary N) is 1. The molecule has 0 atom stereocenters. The Morgan fingerprint density at radius 3 is 2.85 bits per heavy atom. The summed E-state index contributed by atoms with van der Waals surface area (Å²) >= 11 is 0. The van der Waals surface area contributed by atoms with Crippen LogP contribution in [0.2, 0.25) is 0 Å². The van der Waals surface area contributed by atoms with Crippen molar-refractivity contribution in [2.45, 2.75) is 26.7 Å². The van der Waals surface area contributed by atoms with Crippen molar-refractivity contribution in [3.63, 3.8) is 0 Å². The molecule has 5 heteroatoms. The normalized spacial score (nSPS) is 11.8. The molecule has 1 heterocycles. The number of nitrogens with two attached hydrogens (primary N) is 1. The van der Waals surface area contributed by atoms with Crippen LogP contribution in [0.1, 0.15) is 26.7 Å². The molecular formula is C15H22N4O. The van der Waals surface area contributed by atoms with E-state index in [-0.39, 0.29) is 5.56 Å². The van der Waals surface area contributed by atoms with Crippen LogP contribution < -0.4 is 16.6 Å². The molecule has 0 unspecified atom stereocenters. The number of unbranched alkanes of at least 4 members (excludes halogenated alkanes) is 1. The molecular weight excluding hydrogens is 252 g/mol. The minimum atomic E-state index is -0.228. The Hall–Kier alpha value is -2.30. The maximum atomic E-state index is 11.9. The van der Waals surface area contributed by atoms with Crippen molar-refractivity contribution in [1.29, 1.82) is 0 Å². The van der Waals surface area contributed by atoms with E-state index in [9.17, 15) is 4.79 Å². The van der Waals surface area contributed by atoms with Crippen molar-refractivity contribution in [2.75, 3.05) is 11.9 Å². The number of nitrogens with zero attached hydrogens (tertiary/aromatic N) is 2. The number of allylic oxidation sites excluding steroid dienone is 4. The van der Waals surface area contributed by atoms with Crippen LogP contribution in [0.15, 0.2) is 47.4 Å². The molecule has 0 aliphatic carbocycles. The number of hydrogen-bond donors (Lipinski definition) is 2. The van der Waals surface area contributed by atoms with Crippen LogP contribution in [0.4, 0.5) is 5.82 Å². The lowest BCUT2D eigenvalue weighted by atomic mass is 10.3. The van der Waals surface area contributed by atoms with Gasteiger partial charge in [0.25, 0.3) is 5.56 Å². The van der Waals surface area contributed by atoms with Crippen molar-refractivity contribution < 1.29 is 0 Å². The molecule has 3 N–H and O–H groups in total. The summed E-state index contributed by atoms with van der Waals surface area (Å²) in [6.45, 7) is 8.58. The number of aromatic nitrogens is 2. The van der Waals surface area contributed by atoms with Gasteiger partial charge in [-0.05, 0) is 25.5 Å². The molecule has 1 aromatic heterocycles. The lowest BCUT2D eigenvalue weighted by molar-refractivity contribution is 0.800. The molecule has 1 rings (SSSR count). The molecule has 20 heavy (non-hydrogen) atoms. The van der Waals surface area contributed by atoms with Gasteiger partial charge in [0.05, 0.1) is 5.70 Å². The Morgan fingerprint density at radius 2 is 2.25 bits per heavy atom. The topological polar surface area (TPSA) is 72.9 Å². The summed E-state index contributed by atoms with van der Waals surface area (Å²) in [4.78, 5) is 11.9. The van der Waals surface area contributed by atoms with Crippen molar-refractivity contribution in [2.24, 2.45) is 5.73 Å². The summed E-state index contributed by atoms with van der Waals surface area (Å²) < 4.78 is 1.27. The zero-order valence-corrected chi connectivity index (χ0v) is 12.1. The van der Waals surface area contributed by atoms with Crippen LogP contribution in [-0.2, 0) is 0 Å². The van der Waals surface area contributed by atoms with Crippen molar-refractivity contribution in [3.05, 3.63) is 53.0 Å². The largest absolute Gasteiger partial charge is 0.403 e. The molecule has 0 aromatic carbocycles. The summed E-state index contributed by atoms with van der Waals surface area (Å²) in [7, 11) is 0. The first kappa shape index (κ1) is 15.8. The summed E-state index contributed by atoms with van der Waals surface area (Å²) in [6, 6.07) is 3.14. The zero-order valence-electron chi connectivity index (χ0n) is 12.1. The molecule has 0 radical (unpaired) electrons. The van der Waals surface area contributed by atoms with Gasteiger partial charge in [-0.1, -0.05) is 31.6 Å². The monoisotopic (exact) mass is 274 g/mol. The fraction of sp³-hybridized carbons (Fsp3) is 0.333. The Labute approximate surface area is 119 Å². The van der Waals surface area contributed by atoms with Crippen LogP contribution in [-0.4, -0.2) is 16.3 Å². The number of rotatable bonds is 7. The number of anilines is 1. The smallest absolute Gasteiger partial charge is 0.271 e. The average Bonchev–Trinajstić information content (AvgIpc) is 2.42. The first-order valence-corrected chi connectivity index (χ1v) is 6.68. The highest BCUT2D eigenvalue weighted by atomic mass is 16.1. The molecule has 0 amide bonds. The standard InChI is InChI=1S/C15H22N4O/c1-4-5-10-17-14-8-9-15(20)19(18-14)13(11-16)7-6-12(2)3/h6-9,11H,2,4-5,10,16H2,1,3H3,(H,17,18)/b7-6-,13-11+. The van der Waals surface area contributed by atoms with Crippen molar-refractivity contribution in [3.8, 4) is 0 Å². The molecule has 0 fully saturated rings. The lowest BCUT2D eigenvalue weighted by Gasteiger charge is -2.08. The minimum Gasteiger partial charge on any atom is -0.403 e. The van der Waals surface area contributed by atoms with E-state index in [0.717, 1.165) is 25.0 Å². The second-order valence-electron chi connectivity index (χ2n) is 4.52.